The van der Waals surface area contributed by atoms with Crippen molar-refractivity contribution in [3.63, 3.8) is 0 Å². The maximum absolute atomic E-state index is 12.9. The fraction of sp³-hybridized carbons (Fsp3) is 0.308. The van der Waals surface area contributed by atoms with Crippen molar-refractivity contribution in [2.24, 2.45) is 0 Å². The highest BCUT2D eigenvalue weighted by molar-refractivity contribution is 9.10. The van der Waals surface area contributed by atoms with Gasteiger partial charge < -0.3 is 49.8 Å². The van der Waals surface area contributed by atoms with Gasteiger partial charge in [0, 0.05) is 45.5 Å². The third-order valence-corrected chi connectivity index (χ3v) is 13.6. The molecule has 20 nitrogen and oxygen atoms in total. The summed E-state index contributed by atoms with van der Waals surface area (Å²) in [6.07, 6.45) is 9.72. The number of imidazole rings is 4. The Morgan fingerprint density at radius 1 is 0.554 bits per heavy atom. The number of nitrogens with zero attached hydrogens (tertiary/aromatic N) is 6. The van der Waals surface area contributed by atoms with E-state index in [2.05, 4.69) is 103 Å². The van der Waals surface area contributed by atoms with Crippen molar-refractivity contribution in [3.05, 3.63) is 128 Å². The molecule has 0 aliphatic carbocycles. The van der Waals surface area contributed by atoms with E-state index in [1.54, 1.807) is 12.1 Å². The van der Waals surface area contributed by atoms with Gasteiger partial charge in [-0.25, -0.2) is 19.9 Å². The lowest BCUT2D eigenvalue weighted by Crippen LogP contribution is -2.21. The SMILES string of the molecule is Cc1ccc(Br)cc1NC(=O)c1nc[nH]c1C(=O)Nc1nc2ccc(OCCCN3CCCC3)cc2[nH]1.Cc1ccc(Br)cc1NC(=O)c1nc[nH]c1C(=O)Nc1nc2ccc(OCCCN3CCCC3)cc2[nH]1. The number of ether oxygens (including phenoxy) is 2. The van der Waals surface area contributed by atoms with Gasteiger partial charge in [-0.05, 0) is 138 Å². The molecule has 10 rings (SSSR count). The number of anilines is 4. The van der Waals surface area contributed by atoms with Crippen LogP contribution in [0.3, 0.4) is 0 Å². The number of aromatic nitrogens is 8. The molecule has 4 amide bonds. The Hall–Kier alpha value is -7.40. The maximum Gasteiger partial charge on any atom is 0.276 e. The summed E-state index contributed by atoms with van der Waals surface area (Å²) in [4.78, 5) is 85.2. The summed E-state index contributed by atoms with van der Waals surface area (Å²) in [5.74, 6) is -0.0637. The molecule has 0 unspecified atom stereocenters. The number of aromatic amines is 4. The van der Waals surface area contributed by atoms with Crippen molar-refractivity contribution in [3.8, 4) is 11.5 Å². The summed E-state index contributed by atoms with van der Waals surface area (Å²) in [7, 11) is 0. The van der Waals surface area contributed by atoms with E-state index in [-0.39, 0.29) is 34.7 Å². The summed E-state index contributed by atoms with van der Waals surface area (Å²) < 4.78 is 13.5. The zero-order valence-electron chi connectivity index (χ0n) is 40.9. The van der Waals surface area contributed by atoms with Gasteiger partial charge in [-0.15, -0.1) is 0 Å². The molecule has 384 valence electrons. The molecule has 8 N–H and O–H groups in total. The lowest BCUT2D eigenvalue weighted by atomic mass is 10.2. The summed E-state index contributed by atoms with van der Waals surface area (Å²) in [6, 6.07) is 22.3. The minimum absolute atomic E-state index is 0.0161. The van der Waals surface area contributed by atoms with Crippen LogP contribution in [0.15, 0.2) is 94.4 Å². The number of H-pyrrole nitrogens is 4. The van der Waals surface area contributed by atoms with E-state index in [1.807, 2.05) is 74.5 Å². The summed E-state index contributed by atoms with van der Waals surface area (Å²) in [5, 5.41) is 11.0. The maximum atomic E-state index is 12.9. The topological polar surface area (TPSA) is 256 Å². The Balaban J connectivity index is 0.000000182. The minimum atomic E-state index is -0.536. The standard InChI is InChI=1S/2C26H28BrN7O3/c2*1-16-5-6-17(27)13-20(16)30-24(35)22-23(29-15-28-22)25(36)33-26-31-19-8-7-18(14-21(19)32-26)37-12-4-11-34-9-2-3-10-34/h2*5-8,13-15H,2-4,9-12H2,1H3,(H,28,29)(H,30,35)(H2,31,32,33,36). The molecule has 4 aromatic heterocycles. The summed E-state index contributed by atoms with van der Waals surface area (Å²) in [6.45, 7) is 11.9. The Morgan fingerprint density at radius 2 is 0.973 bits per heavy atom. The lowest BCUT2D eigenvalue weighted by molar-refractivity contribution is 0.0985. The number of carbonyl (C=O) groups is 4. The number of aryl methyl sites for hydroxylation is 2. The van der Waals surface area contributed by atoms with E-state index in [0.717, 1.165) is 68.5 Å². The number of benzene rings is 4. The van der Waals surface area contributed by atoms with Gasteiger partial charge in [-0.2, -0.15) is 0 Å². The Morgan fingerprint density at radius 3 is 1.39 bits per heavy atom. The van der Waals surface area contributed by atoms with E-state index in [4.69, 9.17) is 9.47 Å². The van der Waals surface area contributed by atoms with E-state index < -0.39 is 23.6 Å². The second-order valence-corrected chi connectivity index (χ2v) is 19.8. The van der Waals surface area contributed by atoms with Crippen molar-refractivity contribution in [2.75, 3.05) is 73.7 Å². The smallest absolute Gasteiger partial charge is 0.276 e. The first-order valence-electron chi connectivity index (χ1n) is 24.5. The monoisotopic (exact) mass is 1130 g/mol. The number of likely N-dealkylation sites (tertiary alicyclic amines) is 2. The van der Waals surface area contributed by atoms with E-state index in [9.17, 15) is 19.2 Å². The molecule has 0 atom stereocenters. The number of hydrogen-bond acceptors (Lipinski definition) is 12. The zero-order chi connectivity index (χ0) is 51.6. The molecule has 2 aliphatic heterocycles. The highest BCUT2D eigenvalue weighted by Crippen LogP contribution is 2.26. The first kappa shape index (κ1) is 51.5. The Labute approximate surface area is 442 Å². The Bertz CT molecular complexity index is 3070. The first-order chi connectivity index (χ1) is 35.9. The molecule has 0 spiro atoms. The van der Waals surface area contributed by atoms with Gasteiger partial charge in [-0.3, -0.25) is 29.8 Å². The molecule has 74 heavy (non-hydrogen) atoms. The quantitative estimate of drug-likeness (QED) is 0.0374. The molecular weight excluding hydrogens is 1080 g/mol. The van der Waals surface area contributed by atoms with E-state index >= 15 is 0 Å². The fourth-order valence-corrected chi connectivity index (χ4v) is 9.41. The highest BCUT2D eigenvalue weighted by Gasteiger charge is 2.24. The van der Waals surface area contributed by atoms with Crippen LogP contribution in [-0.4, -0.2) is 126 Å². The largest absolute Gasteiger partial charge is 0.493 e. The van der Waals surface area contributed by atoms with E-state index in [0.29, 0.717) is 35.6 Å². The van der Waals surface area contributed by atoms with Gasteiger partial charge in [0.1, 0.15) is 22.9 Å². The highest BCUT2D eigenvalue weighted by atomic mass is 79.9. The molecular formula is C52H56Br2N14O6. The molecule has 4 aromatic carbocycles. The molecule has 6 heterocycles. The number of carbonyl (C=O) groups excluding carboxylic acids is 4. The van der Waals surface area contributed by atoms with Crippen LogP contribution in [0.2, 0.25) is 0 Å². The number of halogens is 2. The molecule has 2 fully saturated rings. The molecule has 2 aliphatic rings. The predicted molar refractivity (Wildman–Crippen MR) is 291 cm³/mol. The average molecular weight is 1130 g/mol. The van der Waals surface area contributed by atoms with Crippen molar-refractivity contribution in [1.29, 1.82) is 0 Å². The van der Waals surface area contributed by atoms with Crippen molar-refractivity contribution < 1.29 is 28.7 Å². The molecule has 0 saturated carbocycles. The van der Waals surface area contributed by atoms with Crippen LogP contribution in [0, 0.1) is 13.8 Å². The van der Waals surface area contributed by atoms with E-state index in [1.165, 1.54) is 64.5 Å². The van der Waals surface area contributed by atoms with Gasteiger partial charge in [0.25, 0.3) is 23.6 Å². The zero-order valence-corrected chi connectivity index (χ0v) is 44.0. The van der Waals surface area contributed by atoms with Crippen LogP contribution in [-0.2, 0) is 0 Å². The van der Waals surface area contributed by atoms with Gasteiger partial charge >= 0.3 is 0 Å². The molecule has 8 aromatic rings. The molecule has 0 bridgehead atoms. The number of amides is 4. The number of nitrogens with one attached hydrogen (secondary N) is 8. The summed E-state index contributed by atoms with van der Waals surface area (Å²) >= 11 is 6.80. The van der Waals surface area contributed by atoms with Crippen LogP contribution >= 0.6 is 31.9 Å². The van der Waals surface area contributed by atoms with Gasteiger partial charge in [0.15, 0.2) is 11.4 Å². The molecule has 2 saturated heterocycles. The van der Waals surface area contributed by atoms with Crippen molar-refractivity contribution >= 4 is 101 Å². The van der Waals surface area contributed by atoms with Crippen LogP contribution in [0.1, 0.15) is 91.6 Å². The second-order valence-electron chi connectivity index (χ2n) is 18.0. The van der Waals surface area contributed by atoms with Crippen LogP contribution in [0.5, 0.6) is 11.5 Å². The third-order valence-electron chi connectivity index (χ3n) is 12.6. The van der Waals surface area contributed by atoms with Crippen LogP contribution < -0.4 is 30.7 Å². The van der Waals surface area contributed by atoms with Crippen LogP contribution in [0.4, 0.5) is 23.3 Å². The second kappa shape index (κ2) is 24.1. The first-order valence-corrected chi connectivity index (χ1v) is 26.1. The Kier molecular flexibility index (Phi) is 16.8. The van der Waals surface area contributed by atoms with Gasteiger partial charge in [-0.1, -0.05) is 44.0 Å². The van der Waals surface area contributed by atoms with Crippen molar-refractivity contribution in [2.45, 2.75) is 52.4 Å². The third kappa shape index (κ3) is 13.2. The van der Waals surface area contributed by atoms with Crippen molar-refractivity contribution in [1.82, 2.24) is 49.7 Å². The molecule has 22 heteroatoms. The number of rotatable bonds is 18. The van der Waals surface area contributed by atoms with Crippen LogP contribution in [0.25, 0.3) is 22.1 Å². The number of fused-ring (bicyclic) bond motifs is 2. The normalized spacial score (nSPS) is 13.7. The number of hydrogen-bond donors (Lipinski definition) is 8. The summed E-state index contributed by atoms with van der Waals surface area (Å²) in [5.41, 5.74) is 5.90. The lowest BCUT2D eigenvalue weighted by Gasteiger charge is -2.14. The van der Waals surface area contributed by atoms with Gasteiger partial charge in [0.2, 0.25) is 11.9 Å². The molecule has 0 radical (unpaired) electrons. The van der Waals surface area contributed by atoms with Gasteiger partial charge in [0.05, 0.1) is 47.9 Å². The minimum Gasteiger partial charge on any atom is -0.493 e. The average Bonchev–Trinajstić information content (AvgIpc) is 4.26. The predicted octanol–water partition coefficient (Wildman–Crippen LogP) is 9.45. The fourth-order valence-electron chi connectivity index (χ4n) is 8.68.